The molecular formula is C14H16O2. The number of aliphatic carboxylic acids is 1. The lowest BCUT2D eigenvalue weighted by atomic mass is 9.85. The molecule has 0 radical (unpaired) electrons. The number of hydrogen-bond donors (Lipinski definition) is 1. The highest BCUT2D eigenvalue weighted by molar-refractivity contribution is 5.70. The van der Waals surface area contributed by atoms with Gasteiger partial charge in [0, 0.05) is 0 Å². The number of carboxylic acid groups (broad SMARTS) is 1. The summed E-state index contributed by atoms with van der Waals surface area (Å²) in [6.45, 7) is 0. The van der Waals surface area contributed by atoms with Crippen LogP contribution in [0, 0.1) is 5.92 Å². The molecule has 1 aromatic carbocycles. The standard InChI is InChI=1S/C14H16O2/c15-14(16)13-8-6-12(7-9-13)10-11-4-2-1-3-5-11/h1-5,10,13H,6-9H2,(H,15,16). The molecule has 2 heteroatoms. The van der Waals surface area contributed by atoms with Gasteiger partial charge in [-0.15, -0.1) is 0 Å². The quantitative estimate of drug-likeness (QED) is 0.823. The normalized spacial score (nSPS) is 20.5. The Balaban J connectivity index is 1.99. The Kier molecular flexibility index (Phi) is 3.40. The van der Waals surface area contributed by atoms with Gasteiger partial charge in [-0.1, -0.05) is 42.0 Å². The Morgan fingerprint density at radius 2 is 1.81 bits per heavy atom. The molecule has 1 N–H and O–H groups in total. The Labute approximate surface area is 95.6 Å². The Morgan fingerprint density at radius 3 is 2.38 bits per heavy atom. The topological polar surface area (TPSA) is 37.3 Å². The third-order valence-corrected chi connectivity index (χ3v) is 3.15. The molecule has 0 unspecified atom stereocenters. The molecule has 2 rings (SSSR count). The zero-order valence-electron chi connectivity index (χ0n) is 9.23. The average Bonchev–Trinajstić information content (AvgIpc) is 2.31. The number of carbonyl (C=O) groups is 1. The van der Waals surface area contributed by atoms with Crippen LogP contribution in [-0.4, -0.2) is 11.1 Å². The summed E-state index contributed by atoms with van der Waals surface area (Å²) in [4.78, 5) is 10.8. The van der Waals surface area contributed by atoms with Crippen molar-refractivity contribution in [3.63, 3.8) is 0 Å². The second-order valence-corrected chi connectivity index (χ2v) is 4.33. The van der Waals surface area contributed by atoms with E-state index >= 15 is 0 Å². The van der Waals surface area contributed by atoms with E-state index in [2.05, 4.69) is 18.2 Å². The Hall–Kier alpha value is -1.57. The molecule has 1 saturated carbocycles. The van der Waals surface area contributed by atoms with Crippen LogP contribution in [-0.2, 0) is 4.79 Å². The van der Waals surface area contributed by atoms with Gasteiger partial charge in [0.1, 0.15) is 0 Å². The summed E-state index contributed by atoms with van der Waals surface area (Å²) < 4.78 is 0. The van der Waals surface area contributed by atoms with Crippen LogP contribution < -0.4 is 0 Å². The van der Waals surface area contributed by atoms with E-state index in [0.717, 1.165) is 25.7 Å². The van der Waals surface area contributed by atoms with E-state index in [9.17, 15) is 4.79 Å². The lowest BCUT2D eigenvalue weighted by Gasteiger charge is -2.20. The zero-order valence-corrected chi connectivity index (χ0v) is 9.23. The molecular weight excluding hydrogens is 200 g/mol. The highest BCUT2D eigenvalue weighted by Gasteiger charge is 2.22. The van der Waals surface area contributed by atoms with Gasteiger partial charge in [0.2, 0.25) is 0 Å². The maximum atomic E-state index is 10.8. The van der Waals surface area contributed by atoms with Crippen LogP contribution in [0.2, 0.25) is 0 Å². The van der Waals surface area contributed by atoms with Gasteiger partial charge in [-0.05, 0) is 31.2 Å². The fraction of sp³-hybridized carbons (Fsp3) is 0.357. The first-order chi connectivity index (χ1) is 7.75. The molecule has 0 amide bonds. The van der Waals surface area contributed by atoms with Gasteiger partial charge in [-0.25, -0.2) is 0 Å². The summed E-state index contributed by atoms with van der Waals surface area (Å²) in [6.07, 6.45) is 5.61. The summed E-state index contributed by atoms with van der Waals surface area (Å²) in [5.41, 5.74) is 2.59. The van der Waals surface area contributed by atoms with Crippen molar-refractivity contribution in [2.75, 3.05) is 0 Å². The van der Waals surface area contributed by atoms with E-state index in [0.29, 0.717) is 0 Å². The van der Waals surface area contributed by atoms with Crippen LogP contribution in [0.25, 0.3) is 6.08 Å². The summed E-state index contributed by atoms with van der Waals surface area (Å²) >= 11 is 0. The minimum absolute atomic E-state index is 0.132. The summed E-state index contributed by atoms with van der Waals surface area (Å²) in [6, 6.07) is 10.2. The molecule has 84 valence electrons. The Morgan fingerprint density at radius 1 is 1.19 bits per heavy atom. The SMILES string of the molecule is O=C(O)C1CCC(=Cc2ccccc2)CC1. The second kappa shape index (κ2) is 4.97. The molecule has 1 fully saturated rings. The van der Waals surface area contributed by atoms with Crippen molar-refractivity contribution >= 4 is 12.0 Å². The monoisotopic (exact) mass is 216 g/mol. The van der Waals surface area contributed by atoms with Gasteiger partial charge in [-0.3, -0.25) is 4.79 Å². The smallest absolute Gasteiger partial charge is 0.306 e. The molecule has 0 aliphatic heterocycles. The predicted molar refractivity (Wildman–Crippen MR) is 64.0 cm³/mol. The summed E-state index contributed by atoms with van der Waals surface area (Å²) in [5, 5.41) is 8.89. The first kappa shape index (κ1) is 10.9. The van der Waals surface area contributed by atoms with Gasteiger partial charge in [0.05, 0.1) is 5.92 Å². The van der Waals surface area contributed by atoms with Gasteiger partial charge in [0.25, 0.3) is 0 Å². The van der Waals surface area contributed by atoms with Crippen molar-refractivity contribution in [1.82, 2.24) is 0 Å². The predicted octanol–water partition coefficient (Wildman–Crippen LogP) is 3.34. The van der Waals surface area contributed by atoms with E-state index in [1.807, 2.05) is 18.2 Å². The van der Waals surface area contributed by atoms with E-state index in [1.165, 1.54) is 11.1 Å². The minimum atomic E-state index is -0.640. The van der Waals surface area contributed by atoms with Gasteiger partial charge in [-0.2, -0.15) is 0 Å². The first-order valence-corrected chi connectivity index (χ1v) is 5.73. The van der Waals surface area contributed by atoms with Crippen LogP contribution in [0.3, 0.4) is 0 Å². The molecule has 1 aliphatic carbocycles. The van der Waals surface area contributed by atoms with Crippen molar-refractivity contribution in [3.8, 4) is 0 Å². The molecule has 0 heterocycles. The van der Waals surface area contributed by atoms with E-state index in [1.54, 1.807) is 0 Å². The Bertz CT molecular complexity index is 382. The summed E-state index contributed by atoms with van der Waals surface area (Å²) in [5.74, 6) is -0.772. The number of carboxylic acids is 1. The van der Waals surface area contributed by atoms with Crippen molar-refractivity contribution in [1.29, 1.82) is 0 Å². The van der Waals surface area contributed by atoms with Crippen LogP contribution in [0.4, 0.5) is 0 Å². The maximum Gasteiger partial charge on any atom is 0.306 e. The molecule has 0 spiro atoms. The maximum absolute atomic E-state index is 10.8. The third-order valence-electron chi connectivity index (χ3n) is 3.15. The van der Waals surface area contributed by atoms with Crippen LogP contribution in [0.1, 0.15) is 31.2 Å². The van der Waals surface area contributed by atoms with Crippen molar-refractivity contribution in [3.05, 3.63) is 41.5 Å². The number of allylic oxidation sites excluding steroid dienone is 1. The number of benzene rings is 1. The molecule has 0 aromatic heterocycles. The first-order valence-electron chi connectivity index (χ1n) is 5.73. The fourth-order valence-corrected chi connectivity index (χ4v) is 2.16. The molecule has 0 atom stereocenters. The minimum Gasteiger partial charge on any atom is -0.481 e. The van der Waals surface area contributed by atoms with E-state index in [-0.39, 0.29) is 5.92 Å². The van der Waals surface area contributed by atoms with Crippen LogP contribution in [0.5, 0.6) is 0 Å². The highest BCUT2D eigenvalue weighted by atomic mass is 16.4. The van der Waals surface area contributed by atoms with Crippen molar-refractivity contribution < 1.29 is 9.90 Å². The van der Waals surface area contributed by atoms with E-state index < -0.39 is 5.97 Å². The third kappa shape index (κ3) is 2.72. The summed E-state index contributed by atoms with van der Waals surface area (Å²) in [7, 11) is 0. The molecule has 1 aliphatic rings. The molecule has 0 saturated heterocycles. The van der Waals surface area contributed by atoms with Crippen molar-refractivity contribution in [2.24, 2.45) is 5.92 Å². The van der Waals surface area contributed by atoms with Crippen LogP contribution >= 0.6 is 0 Å². The average molecular weight is 216 g/mol. The van der Waals surface area contributed by atoms with E-state index in [4.69, 9.17) is 5.11 Å². The van der Waals surface area contributed by atoms with Gasteiger partial charge in [0.15, 0.2) is 0 Å². The highest BCUT2D eigenvalue weighted by Crippen LogP contribution is 2.29. The zero-order chi connectivity index (χ0) is 11.4. The van der Waals surface area contributed by atoms with Gasteiger partial charge < -0.3 is 5.11 Å². The molecule has 1 aromatic rings. The number of hydrogen-bond acceptors (Lipinski definition) is 1. The van der Waals surface area contributed by atoms with Gasteiger partial charge >= 0.3 is 5.97 Å². The lowest BCUT2D eigenvalue weighted by molar-refractivity contribution is -0.142. The fourth-order valence-electron chi connectivity index (χ4n) is 2.16. The second-order valence-electron chi connectivity index (χ2n) is 4.33. The largest absolute Gasteiger partial charge is 0.481 e. The lowest BCUT2D eigenvalue weighted by Crippen LogP contribution is -2.17. The molecule has 2 nitrogen and oxygen atoms in total. The van der Waals surface area contributed by atoms with Crippen LogP contribution in [0.15, 0.2) is 35.9 Å². The number of rotatable bonds is 2. The van der Waals surface area contributed by atoms with Crippen molar-refractivity contribution in [2.45, 2.75) is 25.7 Å². The molecule has 0 bridgehead atoms. The molecule has 16 heavy (non-hydrogen) atoms.